The minimum atomic E-state index is -0.785. The molecule has 1 aliphatic rings. The van der Waals surface area contributed by atoms with Gasteiger partial charge in [-0.15, -0.1) is 0 Å². The summed E-state index contributed by atoms with van der Waals surface area (Å²) < 4.78 is 11.1. The zero-order chi connectivity index (χ0) is 28.2. The summed E-state index contributed by atoms with van der Waals surface area (Å²) in [5, 5.41) is 12.8. The van der Waals surface area contributed by atoms with Crippen molar-refractivity contribution in [3.05, 3.63) is 117 Å². The monoisotopic (exact) mass is 554 g/mol. The number of hydrogen-bond donors (Lipinski definition) is 0. The number of carbonyl (C=O) groups excluding carboxylic acids is 3. The molecule has 0 aromatic heterocycles. The van der Waals surface area contributed by atoms with Gasteiger partial charge in [-0.3, -0.25) is 24.6 Å². The van der Waals surface area contributed by atoms with Crippen LogP contribution in [-0.4, -0.2) is 33.5 Å². The smallest absolute Gasteiger partial charge is 0.343 e. The number of nitro benzene ring substituents is 1. The molecule has 4 aromatic rings. The number of rotatable bonds is 8. The van der Waals surface area contributed by atoms with E-state index in [2.05, 4.69) is 0 Å². The molecule has 2 amide bonds. The lowest BCUT2D eigenvalue weighted by Gasteiger charge is -2.13. The van der Waals surface area contributed by atoms with Crippen LogP contribution in [-0.2, 0) is 11.3 Å². The summed E-state index contributed by atoms with van der Waals surface area (Å²) in [6.07, 6.45) is 1.58. The number of thioether (sulfide) groups is 1. The van der Waals surface area contributed by atoms with Crippen LogP contribution in [0.3, 0.4) is 0 Å². The summed E-state index contributed by atoms with van der Waals surface area (Å²) in [5.74, 6) is -0.833. The van der Waals surface area contributed by atoms with E-state index in [-0.39, 0.29) is 46.0 Å². The highest BCUT2D eigenvalue weighted by Gasteiger charge is 2.35. The Morgan fingerprint density at radius 3 is 2.52 bits per heavy atom. The molecule has 4 aromatic carbocycles. The Balaban J connectivity index is 1.34. The first kappa shape index (κ1) is 26.6. The van der Waals surface area contributed by atoms with Crippen LogP contribution in [0.4, 0.5) is 10.5 Å². The standard InChI is InChI=1S/C30H22N2O7S/c1-2-38-26-15-19(11-13-25(26)39-29(34)23-8-5-9-24(17-23)32(36)37)16-27-28(33)31(30(35)40-27)18-20-10-12-21-6-3-4-7-22(21)14-20/h3-17H,2,18H2,1H3/b27-16-. The van der Waals surface area contributed by atoms with Crippen LogP contribution in [0.1, 0.15) is 28.4 Å². The summed E-state index contributed by atoms with van der Waals surface area (Å²) >= 11 is 0.852. The summed E-state index contributed by atoms with van der Waals surface area (Å²) in [6.45, 7) is 2.19. The number of carbonyl (C=O) groups is 3. The number of benzene rings is 4. The predicted octanol–water partition coefficient (Wildman–Crippen LogP) is 6.60. The number of non-ortho nitro benzene ring substituents is 1. The third kappa shape index (κ3) is 5.71. The summed E-state index contributed by atoms with van der Waals surface area (Å²) in [4.78, 5) is 50.4. The van der Waals surface area contributed by atoms with Gasteiger partial charge >= 0.3 is 5.97 Å². The molecule has 40 heavy (non-hydrogen) atoms. The molecule has 1 heterocycles. The molecule has 0 aliphatic carbocycles. The normalized spacial score (nSPS) is 14.1. The molecule has 0 atom stereocenters. The van der Waals surface area contributed by atoms with E-state index in [1.807, 2.05) is 42.5 Å². The Morgan fingerprint density at radius 1 is 0.950 bits per heavy atom. The van der Waals surface area contributed by atoms with Crippen LogP contribution in [0.5, 0.6) is 11.5 Å². The van der Waals surface area contributed by atoms with E-state index in [1.54, 1.807) is 25.1 Å². The van der Waals surface area contributed by atoms with Crippen molar-refractivity contribution in [1.82, 2.24) is 4.90 Å². The average Bonchev–Trinajstić information content (AvgIpc) is 3.21. The van der Waals surface area contributed by atoms with E-state index in [0.29, 0.717) is 5.56 Å². The zero-order valence-corrected chi connectivity index (χ0v) is 22.1. The Bertz CT molecular complexity index is 1700. The highest BCUT2D eigenvalue weighted by Crippen LogP contribution is 2.36. The lowest BCUT2D eigenvalue weighted by molar-refractivity contribution is -0.384. The quantitative estimate of drug-likeness (QED) is 0.0786. The molecule has 0 N–H and O–H groups in total. The molecule has 1 fully saturated rings. The van der Waals surface area contributed by atoms with Gasteiger partial charge in [-0.05, 0) is 70.9 Å². The fourth-order valence-electron chi connectivity index (χ4n) is 4.18. The van der Waals surface area contributed by atoms with Crippen molar-refractivity contribution >= 4 is 51.4 Å². The van der Waals surface area contributed by atoms with Crippen LogP contribution in [0.2, 0.25) is 0 Å². The van der Waals surface area contributed by atoms with Crippen molar-refractivity contribution in [2.24, 2.45) is 0 Å². The van der Waals surface area contributed by atoms with Gasteiger partial charge in [0, 0.05) is 12.1 Å². The van der Waals surface area contributed by atoms with Crippen LogP contribution < -0.4 is 9.47 Å². The fraction of sp³-hybridized carbons (Fsp3) is 0.100. The van der Waals surface area contributed by atoms with Gasteiger partial charge in [0.1, 0.15) is 0 Å². The van der Waals surface area contributed by atoms with Crippen molar-refractivity contribution in [2.45, 2.75) is 13.5 Å². The summed E-state index contributed by atoms with van der Waals surface area (Å²) in [7, 11) is 0. The Morgan fingerprint density at radius 2 is 1.75 bits per heavy atom. The third-order valence-electron chi connectivity index (χ3n) is 6.09. The molecule has 5 rings (SSSR count). The van der Waals surface area contributed by atoms with Crippen molar-refractivity contribution in [3.63, 3.8) is 0 Å². The Labute approximate surface area is 233 Å². The van der Waals surface area contributed by atoms with E-state index >= 15 is 0 Å². The highest BCUT2D eigenvalue weighted by molar-refractivity contribution is 8.18. The predicted molar refractivity (Wildman–Crippen MR) is 151 cm³/mol. The van der Waals surface area contributed by atoms with Gasteiger partial charge in [-0.2, -0.15) is 0 Å². The average molecular weight is 555 g/mol. The number of amides is 2. The van der Waals surface area contributed by atoms with Crippen molar-refractivity contribution in [1.29, 1.82) is 0 Å². The van der Waals surface area contributed by atoms with Gasteiger partial charge < -0.3 is 9.47 Å². The lowest BCUT2D eigenvalue weighted by atomic mass is 10.1. The van der Waals surface area contributed by atoms with Crippen LogP contribution in [0.15, 0.2) is 89.8 Å². The maximum Gasteiger partial charge on any atom is 0.343 e. The maximum absolute atomic E-state index is 13.1. The number of esters is 1. The van der Waals surface area contributed by atoms with Crippen molar-refractivity contribution in [3.8, 4) is 11.5 Å². The van der Waals surface area contributed by atoms with Crippen LogP contribution in [0, 0.1) is 10.1 Å². The maximum atomic E-state index is 13.1. The number of imide groups is 1. The highest BCUT2D eigenvalue weighted by atomic mass is 32.2. The molecule has 0 spiro atoms. The molecule has 200 valence electrons. The molecule has 10 heteroatoms. The van der Waals surface area contributed by atoms with Gasteiger partial charge in [-0.25, -0.2) is 4.79 Å². The van der Waals surface area contributed by atoms with E-state index in [4.69, 9.17) is 9.47 Å². The van der Waals surface area contributed by atoms with Gasteiger partial charge in [0.2, 0.25) is 0 Å². The SMILES string of the molecule is CCOc1cc(/C=C2\SC(=O)N(Cc3ccc4ccccc4c3)C2=O)ccc1OC(=O)c1cccc([N+](=O)[O-])c1. The number of nitro groups is 1. The number of nitrogens with zero attached hydrogens (tertiary/aromatic N) is 2. The molecule has 9 nitrogen and oxygen atoms in total. The van der Waals surface area contributed by atoms with Gasteiger partial charge in [0.15, 0.2) is 11.5 Å². The molecule has 0 radical (unpaired) electrons. The first-order valence-corrected chi connectivity index (χ1v) is 13.1. The molecule has 1 saturated heterocycles. The number of fused-ring (bicyclic) bond motifs is 1. The Hall–Kier alpha value is -4.96. The molecule has 0 saturated carbocycles. The number of hydrogen-bond acceptors (Lipinski definition) is 8. The van der Waals surface area contributed by atoms with Gasteiger partial charge in [0.25, 0.3) is 16.8 Å². The topological polar surface area (TPSA) is 116 Å². The summed E-state index contributed by atoms with van der Waals surface area (Å²) in [5.41, 5.74) is 1.19. The van der Waals surface area contributed by atoms with E-state index in [1.165, 1.54) is 29.2 Å². The zero-order valence-electron chi connectivity index (χ0n) is 21.2. The van der Waals surface area contributed by atoms with E-state index in [9.17, 15) is 24.5 Å². The molecule has 0 unspecified atom stereocenters. The van der Waals surface area contributed by atoms with Crippen LogP contribution >= 0.6 is 11.8 Å². The van der Waals surface area contributed by atoms with Crippen LogP contribution in [0.25, 0.3) is 16.8 Å². The van der Waals surface area contributed by atoms with Crippen molar-refractivity contribution in [2.75, 3.05) is 6.61 Å². The fourth-order valence-corrected chi connectivity index (χ4v) is 5.02. The summed E-state index contributed by atoms with van der Waals surface area (Å²) in [6, 6.07) is 23.6. The third-order valence-corrected chi connectivity index (χ3v) is 7.00. The van der Waals surface area contributed by atoms with E-state index < -0.39 is 16.8 Å². The number of ether oxygens (including phenoxy) is 2. The molecule has 1 aliphatic heterocycles. The lowest BCUT2D eigenvalue weighted by Crippen LogP contribution is -2.27. The molecular formula is C30H22N2O7S. The van der Waals surface area contributed by atoms with Gasteiger partial charge in [-0.1, -0.05) is 48.5 Å². The van der Waals surface area contributed by atoms with Crippen molar-refractivity contribution < 1.29 is 28.8 Å². The minimum Gasteiger partial charge on any atom is -0.490 e. The van der Waals surface area contributed by atoms with E-state index in [0.717, 1.165) is 34.2 Å². The molecule has 0 bridgehead atoms. The first-order chi connectivity index (χ1) is 19.3. The largest absolute Gasteiger partial charge is 0.490 e. The Kier molecular flexibility index (Phi) is 7.61. The first-order valence-electron chi connectivity index (χ1n) is 12.3. The van der Waals surface area contributed by atoms with Gasteiger partial charge in [0.05, 0.1) is 28.5 Å². The molecular weight excluding hydrogens is 532 g/mol. The second-order valence-electron chi connectivity index (χ2n) is 8.79. The second kappa shape index (κ2) is 11.4. The minimum absolute atomic E-state index is 0.0146. The second-order valence-corrected chi connectivity index (χ2v) is 9.78.